The first kappa shape index (κ1) is 9.69. The Kier molecular flexibility index (Phi) is 3.70. The molecule has 1 N–H and O–H groups in total. The van der Waals surface area contributed by atoms with Crippen LogP contribution in [0.15, 0.2) is 36.5 Å². The van der Waals surface area contributed by atoms with Gasteiger partial charge in [-0.25, -0.2) is 17.7 Å². The van der Waals surface area contributed by atoms with Crippen LogP contribution in [0.25, 0.3) is 11.3 Å². The first-order valence-corrected chi connectivity index (χ1v) is 3.49. The van der Waals surface area contributed by atoms with Crippen LogP contribution < -0.4 is 0 Å². The zero-order valence-electron chi connectivity index (χ0n) is 6.54. The summed E-state index contributed by atoms with van der Waals surface area (Å²) in [6.45, 7) is 0. The molecule has 0 fully saturated rings. The first-order chi connectivity index (χ1) is 5.47. The molecule has 0 aliphatic rings. The minimum absolute atomic E-state index is 0. The molecular formula is C10H7NY-2. The second-order valence-electron chi connectivity index (χ2n) is 2.27. The molecule has 1 heterocycles. The number of hydrogen-bond donors (Lipinski definition) is 1. The summed E-state index contributed by atoms with van der Waals surface area (Å²) in [6.07, 6.45) is 1.86. The normalized spacial score (nSPS) is 9.00. The summed E-state index contributed by atoms with van der Waals surface area (Å²) in [5.41, 5.74) is 2.04. The van der Waals surface area contributed by atoms with E-state index >= 15 is 0 Å². The van der Waals surface area contributed by atoms with Crippen LogP contribution in [0.5, 0.6) is 0 Å². The maximum atomic E-state index is 3.11. The summed E-state index contributed by atoms with van der Waals surface area (Å²) >= 11 is 0. The van der Waals surface area contributed by atoms with Gasteiger partial charge in [0.15, 0.2) is 0 Å². The number of rotatable bonds is 1. The van der Waals surface area contributed by atoms with Gasteiger partial charge in [-0.1, -0.05) is 0 Å². The molecule has 0 spiro atoms. The van der Waals surface area contributed by atoms with Crippen LogP contribution in [0, 0.1) is 12.1 Å². The third kappa shape index (κ3) is 2.05. The Hall–Kier alpha value is -0.396. The number of nitrogens with one attached hydrogen (secondary N) is 1. The van der Waals surface area contributed by atoms with E-state index in [1.165, 1.54) is 0 Å². The fraction of sp³-hybridized carbons (Fsp3) is 0. The van der Waals surface area contributed by atoms with Gasteiger partial charge in [-0.2, -0.15) is 30.0 Å². The van der Waals surface area contributed by atoms with Crippen molar-refractivity contribution in [1.29, 1.82) is 0 Å². The molecule has 2 heteroatoms. The molecular weight excluding hydrogens is 223 g/mol. The van der Waals surface area contributed by atoms with Crippen molar-refractivity contribution in [1.82, 2.24) is 4.98 Å². The summed E-state index contributed by atoms with van der Waals surface area (Å²) in [7, 11) is 0. The third-order valence-electron chi connectivity index (χ3n) is 1.52. The van der Waals surface area contributed by atoms with Crippen molar-refractivity contribution in [2.24, 2.45) is 0 Å². The quantitative estimate of drug-likeness (QED) is 0.723. The van der Waals surface area contributed by atoms with Crippen molar-refractivity contribution in [2.75, 3.05) is 0 Å². The van der Waals surface area contributed by atoms with Gasteiger partial charge in [0.1, 0.15) is 0 Å². The Balaban J connectivity index is 0.000000720. The Labute approximate surface area is 97.1 Å². The van der Waals surface area contributed by atoms with Crippen LogP contribution in [0.3, 0.4) is 0 Å². The van der Waals surface area contributed by atoms with Gasteiger partial charge in [0, 0.05) is 32.7 Å². The molecule has 1 radical (unpaired) electrons. The van der Waals surface area contributed by atoms with Crippen molar-refractivity contribution in [3.63, 3.8) is 0 Å². The average Bonchev–Trinajstić information content (AvgIpc) is 2.58. The maximum absolute atomic E-state index is 3.11. The summed E-state index contributed by atoms with van der Waals surface area (Å²) < 4.78 is 0. The topological polar surface area (TPSA) is 15.8 Å². The van der Waals surface area contributed by atoms with E-state index in [0.29, 0.717) is 0 Å². The van der Waals surface area contributed by atoms with Gasteiger partial charge in [0.2, 0.25) is 0 Å². The predicted octanol–water partition coefficient (Wildman–Crippen LogP) is 2.28. The van der Waals surface area contributed by atoms with Gasteiger partial charge in [-0.3, -0.25) is 0 Å². The van der Waals surface area contributed by atoms with Crippen LogP contribution in [-0.4, -0.2) is 4.98 Å². The molecule has 1 aromatic carbocycles. The molecule has 57 valence electrons. The van der Waals surface area contributed by atoms with Gasteiger partial charge < -0.3 is 4.98 Å². The molecule has 2 rings (SSSR count). The fourth-order valence-corrected chi connectivity index (χ4v) is 0.996. The largest absolute Gasteiger partial charge is 0.474 e. The molecule has 12 heavy (non-hydrogen) atoms. The second-order valence-corrected chi connectivity index (χ2v) is 2.27. The Morgan fingerprint density at radius 3 is 2.58 bits per heavy atom. The van der Waals surface area contributed by atoms with Crippen LogP contribution in [-0.2, 0) is 32.7 Å². The minimum Gasteiger partial charge on any atom is -0.474 e. The summed E-state index contributed by atoms with van der Waals surface area (Å²) in [4.78, 5) is 3.07. The standard InChI is InChI=1S/C10H7N.Y/c1-2-5-9(6-3-1)10-7-4-8-11-10;/h1-5,8,11H;/q-2;. The molecule has 0 atom stereocenters. The average molecular weight is 230 g/mol. The molecule has 2 aromatic rings. The SMILES string of the molecule is [Y].[c-]1ccccc1-c1[c-]cc[nH]1. The van der Waals surface area contributed by atoms with E-state index in [2.05, 4.69) is 17.1 Å². The summed E-state index contributed by atoms with van der Waals surface area (Å²) in [5, 5.41) is 0. The van der Waals surface area contributed by atoms with Gasteiger partial charge in [0.25, 0.3) is 0 Å². The Morgan fingerprint density at radius 2 is 2.00 bits per heavy atom. The number of H-pyrrole nitrogens is 1. The van der Waals surface area contributed by atoms with Crippen LogP contribution in [0.2, 0.25) is 0 Å². The van der Waals surface area contributed by atoms with E-state index in [1.807, 2.05) is 36.5 Å². The van der Waals surface area contributed by atoms with Crippen molar-refractivity contribution >= 4 is 0 Å². The van der Waals surface area contributed by atoms with E-state index < -0.39 is 0 Å². The maximum Gasteiger partial charge on any atom is 0 e. The van der Waals surface area contributed by atoms with Gasteiger partial charge in [0.05, 0.1) is 0 Å². The van der Waals surface area contributed by atoms with E-state index in [-0.39, 0.29) is 32.7 Å². The molecule has 1 nitrogen and oxygen atoms in total. The van der Waals surface area contributed by atoms with E-state index in [0.717, 1.165) is 11.3 Å². The number of aromatic nitrogens is 1. The Morgan fingerprint density at radius 1 is 1.08 bits per heavy atom. The third-order valence-corrected chi connectivity index (χ3v) is 1.52. The van der Waals surface area contributed by atoms with Crippen molar-refractivity contribution < 1.29 is 32.7 Å². The molecule has 0 aliphatic carbocycles. The van der Waals surface area contributed by atoms with Crippen LogP contribution >= 0.6 is 0 Å². The van der Waals surface area contributed by atoms with E-state index in [4.69, 9.17) is 0 Å². The fourth-order valence-electron chi connectivity index (χ4n) is 0.996. The minimum atomic E-state index is 0. The first-order valence-electron chi connectivity index (χ1n) is 3.49. The summed E-state index contributed by atoms with van der Waals surface area (Å²) in [6, 6.07) is 15.9. The van der Waals surface area contributed by atoms with Crippen LogP contribution in [0.4, 0.5) is 0 Å². The van der Waals surface area contributed by atoms with Crippen LogP contribution in [0.1, 0.15) is 0 Å². The molecule has 1 aromatic heterocycles. The number of hydrogen-bond acceptors (Lipinski definition) is 0. The smallest absolute Gasteiger partial charge is 0 e. The number of benzene rings is 1. The van der Waals surface area contributed by atoms with Crippen molar-refractivity contribution in [3.05, 3.63) is 48.7 Å². The second kappa shape index (κ2) is 4.59. The molecule has 0 bridgehead atoms. The van der Waals surface area contributed by atoms with E-state index in [9.17, 15) is 0 Å². The molecule has 0 unspecified atom stereocenters. The molecule has 0 saturated heterocycles. The zero-order valence-corrected chi connectivity index (χ0v) is 9.38. The predicted molar refractivity (Wildman–Crippen MR) is 43.9 cm³/mol. The zero-order chi connectivity index (χ0) is 7.52. The Bertz CT molecular complexity index is 313. The monoisotopic (exact) mass is 230 g/mol. The molecule has 0 aliphatic heterocycles. The van der Waals surface area contributed by atoms with Gasteiger partial charge >= 0.3 is 0 Å². The van der Waals surface area contributed by atoms with Gasteiger partial charge in [-0.05, 0) is 0 Å². The van der Waals surface area contributed by atoms with Crippen molar-refractivity contribution in [3.8, 4) is 11.3 Å². The van der Waals surface area contributed by atoms with Crippen molar-refractivity contribution in [2.45, 2.75) is 0 Å². The van der Waals surface area contributed by atoms with Gasteiger partial charge in [-0.15, -0.1) is 12.3 Å². The molecule has 0 saturated carbocycles. The number of aromatic amines is 1. The summed E-state index contributed by atoms with van der Waals surface area (Å²) in [5.74, 6) is 0. The van der Waals surface area contributed by atoms with E-state index in [1.54, 1.807) is 0 Å². The molecule has 0 amide bonds.